The van der Waals surface area contributed by atoms with E-state index in [1.807, 2.05) is 0 Å². The van der Waals surface area contributed by atoms with E-state index in [1.54, 1.807) is 23.9 Å². The summed E-state index contributed by atoms with van der Waals surface area (Å²) in [5.41, 5.74) is 0.00856. The van der Waals surface area contributed by atoms with Crippen LogP contribution in [0.1, 0.15) is 35.1 Å². The molecular formula is C14H16FN5O2. The largest absolute Gasteiger partial charge is 0.344 e. The van der Waals surface area contributed by atoms with E-state index in [1.165, 1.54) is 12.3 Å². The molecule has 2 aromatic heterocycles. The van der Waals surface area contributed by atoms with Crippen molar-refractivity contribution in [1.29, 1.82) is 0 Å². The summed E-state index contributed by atoms with van der Waals surface area (Å²) in [6.07, 6.45) is 3.96. The van der Waals surface area contributed by atoms with Crippen LogP contribution in [0, 0.1) is 5.82 Å². The number of amides is 1. The van der Waals surface area contributed by atoms with Crippen LogP contribution in [0.2, 0.25) is 0 Å². The van der Waals surface area contributed by atoms with Gasteiger partial charge in [0.05, 0.1) is 11.8 Å². The molecule has 3 heterocycles. The second-order valence-electron chi connectivity index (χ2n) is 5.34. The van der Waals surface area contributed by atoms with Gasteiger partial charge in [-0.25, -0.2) is 4.39 Å². The third-order valence-corrected chi connectivity index (χ3v) is 3.63. The predicted octanol–water partition coefficient (Wildman–Crippen LogP) is 1.65. The van der Waals surface area contributed by atoms with Crippen LogP contribution in [0.15, 0.2) is 23.0 Å². The van der Waals surface area contributed by atoms with E-state index in [-0.39, 0.29) is 17.5 Å². The Balaban J connectivity index is 1.86. The molecule has 1 saturated heterocycles. The highest BCUT2D eigenvalue weighted by molar-refractivity contribution is 5.94. The second-order valence-corrected chi connectivity index (χ2v) is 5.34. The van der Waals surface area contributed by atoms with Crippen LogP contribution in [0.4, 0.5) is 10.3 Å². The van der Waals surface area contributed by atoms with Gasteiger partial charge in [-0.05, 0) is 24.1 Å². The number of nitrogens with zero attached hydrogens (tertiary/aromatic N) is 5. The zero-order valence-electron chi connectivity index (χ0n) is 12.4. The first-order valence-corrected chi connectivity index (χ1v) is 6.99. The Morgan fingerprint density at radius 3 is 3.00 bits per heavy atom. The molecule has 22 heavy (non-hydrogen) atoms. The van der Waals surface area contributed by atoms with Crippen LogP contribution in [-0.4, -0.2) is 46.6 Å². The fraction of sp³-hybridized carbons (Fsp3) is 0.429. The maximum atomic E-state index is 13.8. The van der Waals surface area contributed by atoms with Crippen molar-refractivity contribution >= 4 is 11.9 Å². The molecule has 3 rings (SSSR count). The van der Waals surface area contributed by atoms with E-state index in [4.69, 9.17) is 4.52 Å². The zero-order valence-corrected chi connectivity index (χ0v) is 12.4. The lowest BCUT2D eigenvalue weighted by Crippen LogP contribution is -2.31. The van der Waals surface area contributed by atoms with Crippen LogP contribution in [0.3, 0.4) is 0 Å². The van der Waals surface area contributed by atoms with Crippen molar-refractivity contribution in [2.75, 3.05) is 25.5 Å². The Bertz CT molecular complexity index is 687. The molecule has 116 valence electrons. The Kier molecular flexibility index (Phi) is 3.74. The van der Waals surface area contributed by atoms with Gasteiger partial charge in [0, 0.05) is 26.8 Å². The number of rotatable bonds is 3. The first kappa shape index (κ1) is 14.4. The van der Waals surface area contributed by atoms with Gasteiger partial charge in [0.15, 0.2) is 5.82 Å². The predicted molar refractivity (Wildman–Crippen MR) is 75.8 cm³/mol. The number of carbonyl (C=O) groups excluding carboxylic acids is 1. The maximum absolute atomic E-state index is 13.8. The third-order valence-electron chi connectivity index (χ3n) is 3.63. The maximum Gasteiger partial charge on any atom is 0.265 e. The Morgan fingerprint density at radius 1 is 1.50 bits per heavy atom. The van der Waals surface area contributed by atoms with Crippen molar-refractivity contribution in [3.63, 3.8) is 0 Å². The van der Waals surface area contributed by atoms with E-state index in [0.717, 1.165) is 12.6 Å². The van der Waals surface area contributed by atoms with Crippen molar-refractivity contribution < 1.29 is 13.7 Å². The van der Waals surface area contributed by atoms with E-state index < -0.39 is 5.82 Å². The molecule has 0 unspecified atom stereocenters. The lowest BCUT2D eigenvalue weighted by molar-refractivity contribution is 0.0705. The molecule has 0 bridgehead atoms. The number of halogens is 1. The quantitative estimate of drug-likeness (QED) is 0.858. The topological polar surface area (TPSA) is 75.4 Å². The monoisotopic (exact) mass is 305 g/mol. The third kappa shape index (κ3) is 2.51. The van der Waals surface area contributed by atoms with E-state index in [9.17, 15) is 9.18 Å². The highest BCUT2D eigenvalue weighted by atomic mass is 19.1. The normalized spacial score (nSPS) is 17.8. The van der Waals surface area contributed by atoms with Crippen LogP contribution in [0.5, 0.6) is 0 Å². The van der Waals surface area contributed by atoms with Gasteiger partial charge in [0.25, 0.3) is 17.7 Å². The lowest BCUT2D eigenvalue weighted by Gasteiger charge is -2.22. The van der Waals surface area contributed by atoms with Gasteiger partial charge in [0.1, 0.15) is 6.04 Å². The number of pyridine rings is 1. The number of likely N-dealkylation sites (tertiary alicyclic amines) is 1. The van der Waals surface area contributed by atoms with Gasteiger partial charge < -0.3 is 14.3 Å². The lowest BCUT2D eigenvalue weighted by atomic mass is 10.2. The summed E-state index contributed by atoms with van der Waals surface area (Å²) < 4.78 is 19.0. The van der Waals surface area contributed by atoms with Crippen molar-refractivity contribution in [1.82, 2.24) is 20.0 Å². The minimum Gasteiger partial charge on any atom is -0.344 e. The van der Waals surface area contributed by atoms with Gasteiger partial charge in [-0.3, -0.25) is 9.78 Å². The first-order chi connectivity index (χ1) is 10.6. The first-order valence-electron chi connectivity index (χ1n) is 6.99. The summed E-state index contributed by atoms with van der Waals surface area (Å²) in [4.78, 5) is 23.8. The van der Waals surface area contributed by atoms with Gasteiger partial charge in [-0.15, -0.1) is 0 Å². The molecule has 0 N–H and O–H groups in total. The summed E-state index contributed by atoms with van der Waals surface area (Å²) in [5.74, 6) is -0.182. The highest BCUT2D eigenvalue weighted by Crippen LogP contribution is 2.33. The van der Waals surface area contributed by atoms with E-state index in [2.05, 4.69) is 15.1 Å². The van der Waals surface area contributed by atoms with Crippen molar-refractivity contribution in [3.8, 4) is 0 Å². The molecule has 0 aromatic carbocycles. The molecular weight excluding hydrogens is 289 g/mol. The molecule has 0 saturated carbocycles. The van der Waals surface area contributed by atoms with E-state index in [0.29, 0.717) is 24.8 Å². The molecule has 0 spiro atoms. The standard InChI is InChI=1S/C14H16FN5O2/c1-19(2)14-17-12(22-18-14)11-4-3-7-20(11)13(21)9-5-6-16-8-10(9)15/h5-6,8,11H,3-4,7H2,1-2H3/t11-/m1/s1. The van der Waals surface area contributed by atoms with Crippen molar-refractivity contribution in [2.24, 2.45) is 0 Å². The van der Waals surface area contributed by atoms with Crippen LogP contribution in [0.25, 0.3) is 0 Å². The van der Waals surface area contributed by atoms with Crippen molar-refractivity contribution in [2.45, 2.75) is 18.9 Å². The molecule has 1 atom stereocenters. The number of hydrogen-bond acceptors (Lipinski definition) is 6. The average molecular weight is 305 g/mol. The number of hydrogen-bond donors (Lipinski definition) is 0. The van der Waals surface area contributed by atoms with E-state index >= 15 is 0 Å². The molecule has 0 aliphatic carbocycles. The Morgan fingerprint density at radius 2 is 2.32 bits per heavy atom. The van der Waals surface area contributed by atoms with Gasteiger partial charge >= 0.3 is 0 Å². The van der Waals surface area contributed by atoms with Crippen LogP contribution < -0.4 is 4.90 Å². The summed E-state index contributed by atoms with van der Waals surface area (Å²) in [7, 11) is 3.61. The molecule has 0 radical (unpaired) electrons. The van der Waals surface area contributed by atoms with Crippen LogP contribution >= 0.6 is 0 Å². The summed E-state index contributed by atoms with van der Waals surface area (Å²) >= 11 is 0. The summed E-state index contributed by atoms with van der Waals surface area (Å²) in [6.45, 7) is 0.533. The summed E-state index contributed by atoms with van der Waals surface area (Å²) in [5, 5.41) is 3.86. The van der Waals surface area contributed by atoms with Gasteiger partial charge in [0.2, 0.25) is 0 Å². The highest BCUT2D eigenvalue weighted by Gasteiger charge is 2.35. The molecule has 1 fully saturated rings. The smallest absolute Gasteiger partial charge is 0.265 e. The molecule has 1 amide bonds. The zero-order chi connectivity index (χ0) is 15.7. The van der Waals surface area contributed by atoms with Crippen LogP contribution in [-0.2, 0) is 0 Å². The fourth-order valence-corrected chi connectivity index (χ4v) is 2.51. The average Bonchev–Trinajstić information content (AvgIpc) is 3.15. The molecule has 1 aliphatic rings. The van der Waals surface area contributed by atoms with Crippen molar-refractivity contribution in [3.05, 3.63) is 35.7 Å². The minimum absolute atomic E-state index is 0.00856. The molecule has 2 aromatic rings. The Labute approximate surface area is 126 Å². The number of anilines is 1. The number of carbonyl (C=O) groups is 1. The fourth-order valence-electron chi connectivity index (χ4n) is 2.51. The van der Waals surface area contributed by atoms with Gasteiger partial charge in [-0.1, -0.05) is 0 Å². The molecule has 1 aliphatic heterocycles. The molecule has 7 nitrogen and oxygen atoms in total. The second kappa shape index (κ2) is 5.70. The Hall–Kier alpha value is -2.51. The SMILES string of the molecule is CN(C)c1noc([C@H]2CCCN2C(=O)c2ccncc2F)n1. The summed E-state index contributed by atoms with van der Waals surface area (Å²) in [6, 6.07) is 1.06. The number of aromatic nitrogens is 3. The van der Waals surface area contributed by atoms with Gasteiger partial charge in [-0.2, -0.15) is 4.98 Å². The minimum atomic E-state index is -0.627. The molecule has 8 heteroatoms.